The summed E-state index contributed by atoms with van der Waals surface area (Å²) in [6.07, 6.45) is -0.566. The third-order valence-corrected chi connectivity index (χ3v) is 2.41. The van der Waals surface area contributed by atoms with E-state index in [1.165, 1.54) is 6.92 Å². The number of nitrogens with one attached hydrogen (secondary N) is 2. The Bertz CT molecular complexity index is 818. The molecule has 5 nitrogen and oxygen atoms in total. The molecule has 18 heavy (non-hydrogen) atoms. The summed E-state index contributed by atoms with van der Waals surface area (Å²) in [5.74, 6) is -1.85. The van der Waals surface area contributed by atoms with E-state index in [0.29, 0.717) is 0 Å². The van der Waals surface area contributed by atoms with Gasteiger partial charge in [-0.25, -0.2) is 0 Å². The predicted octanol–water partition coefficient (Wildman–Crippen LogP) is 1.30. The van der Waals surface area contributed by atoms with E-state index in [-0.39, 0.29) is 41.1 Å². The topological polar surface area (TPSA) is 82.2 Å². The molecule has 5 heteroatoms. The number of para-hydroxylation sites is 1. The molecule has 0 bridgehead atoms. The summed E-state index contributed by atoms with van der Waals surface area (Å²) in [7, 11) is 0. The number of hydrogen-bond acceptors (Lipinski definition) is 2. The Kier molecular flexibility index (Phi) is 1.97. The monoisotopic (exact) mass is 252 g/mol. The molecule has 94 valence electrons. The first-order chi connectivity index (χ1) is 10.6. The van der Waals surface area contributed by atoms with Crippen LogP contribution < -0.4 is 5.32 Å². The van der Waals surface area contributed by atoms with Gasteiger partial charge < -0.3 is 15.4 Å². The van der Waals surface area contributed by atoms with Gasteiger partial charge in [-0.1, -0.05) is 18.1 Å². The molecule has 0 unspecified atom stereocenters. The lowest BCUT2D eigenvalue weighted by atomic mass is 10.1. The van der Waals surface area contributed by atoms with E-state index >= 15 is 0 Å². The minimum atomic E-state index is -1.20. The average molecular weight is 252 g/mol. The van der Waals surface area contributed by atoms with Crippen LogP contribution >= 0.6 is 0 Å². The molecular weight excluding hydrogens is 233 g/mol. The van der Waals surface area contributed by atoms with Crippen LogP contribution in [0.15, 0.2) is 30.3 Å². The maximum absolute atomic E-state index is 11.9. The lowest BCUT2D eigenvalue weighted by Gasteiger charge is -2.08. The van der Waals surface area contributed by atoms with Crippen LogP contribution in [0, 0.1) is 0 Å². The van der Waals surface area contributed by atoms with E-state index in [0.717, 1.165) is 0 Å². The van der Waals surface area contributed by atoms with Crippen LogP contribution in [0.3, 0.4) is 0 Å². The van der Waals surface area contributed by atoms with E-state index in [2.05, 4.69) is 10.3 Å². The van der Waals surface area contributed by atoms with Crippen molar-refractivity contribution in [2.45, 2.75) is 19.4 Å². The number of H-pyrrole nitrogens is 1. The van der Waals surface area contributed by atoms with Crippen LogP contribution in [-0.2, 0) is 16.0 Å². The molecule has 1 aromatic carbocycles. The number of aromatic amines is 1. The summed E-state index contributed by atoms with van der Waals surface area (Å²) in [4.78, 5) is 25.2. The molecule has 0 aliphatic carbocycles. The minimum absolute atomic E-state index is 0.0510. The van der Waals surface area contributed by atoms with Crippen molar-refractivity contribution in [1.82, 2.24) is 10.3 Å². The summed E-state index contributed by atoms with van der Waals surface area (Å²) >= 11 is 0. The third kappa shape index (κ3) is 2.51. The van der Waals surface area contributed by atoms with E-state index in [4.69, 9.17) is 12.0 Å². The summed E-state index contributed by atoms with van der Waals surface area (Å²) in [6.45, 7) is 1.29. The van der Waals surface area contributed by atoms with Crippen molar-refractivity contribution in [3.8, 4) is 0 Å². The maximum Gasteiger partial charge on any atom is 0.325 e. The molecule has 0 fully saturated rings. The highest BCUT2D eigenvalue weighted by atomic mass is 16.4. The van der Waals surface area contributed by atoms with Gasteiger partial charge in [0.15, 0.2) is 0 Å². The number of rotatable bonds is 4. The third-order valence-electron chi connectivity index (χ3n) is 2.41. The van der Waals surface area contributed by atoms with Gasteiger partial charge in [-0.05, 0) is 18.5 Å². The number of hydrogen-bond donors (Lipinski definition) is 3. The molecule has 3 N–H and O–H groups in total. The van der Waals surface area contributed by atoms with Crippen molar-refractivity contribution in [1.29, 1.82) is 0 Å². The molecule has 0 spiro atoms. The second-order valence-electron chi connectivity index (χ2n) is 3.78. The number of carboxylic acids is 1. The second kappa shape index (κ2) is 4.91. The lowest BCUT2D eigenvalue weighted by Crippen LogP contribution is -2.39. The van der Waals surface area contributed by atoms with Gasteiger partial charge in [0.25, 0.3) is 0 Å². The Hall–Kier alpha value is -2.30. The summed E-state index contributed by atoms with van der Waals surface area (Å²) in [6, 6.07) is -2.65. The van der Waals surface area contributed by atoms with E-state index in [1.807, 2.05) is 0 Å². The molecule has 1 amide bonds. The first-order valence-electron chi connectivity index (χ1n) is 7.74. The zero-order chi connectivity index (χ0) is 17.5. The SMILES string of the molecule is [2H]c1[nH]c2c([2H])c([2H])c([2H])c([2H])c2c1CC(=O)[15NH][C@@H](C)C(=O)O. The maximum atomic E-state index is 11.9. The molecule has 0 aliphatic rings. The van der Waals surface area contributed by atoms with Crippen LogP contribution in [0.1, 0.15) is 19.3 Å². The standard InChI is InChI=1S/C13H14N2O3/c1-8(13(17)18)15-12(16)6-9-7-14-11-5-3-2-4-10(9)11/h2-5,7-8,14H,6H2,1H3,(H,15,16)(H,17,18)/t8-/m0/s1/i2D,3D,4D,5D,7D,15+1. The summed E-state index contributed by atoms with van der Waals surface area (Å²) in [5, 5.41) is 11.1. The lowest BCUT2D eigenvalue weighted by molar-refractivity contribution is -0.141. The number of benzene rings is 1. The number of carboxylic acid groups (broad SMARTS) is 1. The van der Waals surface area contributed by atoms with Crippen molar-refractivity contribution in [2.24, 2.45) is 0 Å². The smallest absolute Gasteiger partial charge is 0.325 e. The van der Waals surface area contributed by atoms with Gasteiger partial charge in [-0.2, -0.15) is 0 Å². The van der Waals surface area contributed by atoms with Gasteiger partial charge in [0.1, 0.15) is 6.04 Å². The number of fused-ring (bicyclic) bond motifs is 1. The largest absolute Gasteiger partial charge is 0.480 e. The summed E-state index contributed by atoms with van der Waals surface area (Å²) < 4.78 is 38.9. The van der Waals surface area contributed by atoms with Gasteiger partial charge in [-0.3, -0.25) is 9.59 Å². The van der Waals surface area contributed by atoms with Crippen LogP contribution in [0.4, 0.5) is 0 Å². The normalized spacial score (nSPS) is 16.2. The molecule has 1 atom stereocenters. The van der Waals surface area contributed by atoms with Crippen molar-refractivity contribution in [3.05, 3.63) is 35.9 Å². The van der Waals surface area contributed by atoms with Crippen LogP contribution in [0.2, 0.25) is 0 Å². The highest BCUT2D eigenvalue weighted by Gasteiger charge is 2.15. The van der Waals surface area contributed by atoms with Crippen LogP contribution in [-0.4, -0.2) is 28.0 Å². The Morgan fingerprint density at radius 3 is 2.94 bits per heavy atom. The van der Waals surface area contributed by atoms with Crippen molar-refractivity contribution >= 4 is 22.8 Å². The van der Waals surface area contributed by atoms with Crippen molar-refractivity contribution in [3.63, 3.8) is 0 Å². The Balaban J connectivity index is 2.48. The molecule has 1 aromatic heterocycles. The van der Waals surface area contributed by atoms with Crippen molar-refractivity contribution < 1.29 is 21.5 Å². The number of carbonyl (C=O) groups is 2. The van der Waals surface area contributed by atoms with Crippen molar-refractivity contribution in [2.75, 3.05) is 0 Å². The van der Waals surface area contributed by atoms with Gasteiger partial charge in [-0.15, -0.1) is 0 Å². The highest BCUT2D eigenvalue weighted by Crippen LogP contribution is 2.17. The van der Waals surface area contributed by atoms with Gasteiger partial charge in [0.2, 0.25) is 5.91 Å². The molecule has 0 saturated heterocycles. The Morgan fingerprint density at radius 2 is 2.22 bits per heavy atom. The predicted molar refractivity (Wildman–Crippen MR) is 67.2 cm³/mol. The second-order valence-corrected chi connectivity index (χ2v) is 3.78. The molecule has 0 aliphatic heterocycles. The fourth-order valence-corrected chi connectivity index (χ4v) is 1.48. The summed E-state index contributed by atoms with van der Waals surface area (Å²) in [5.41, 5.74) is 0.150. The number of aliphatic carboxylic acids is 1. The molecule has 1 heterocycles. The number of aromatic nitrogens is 1. The molecular formula is C13H14N2O3. The van der Waals surface area contributed by atoms with Gasteiger partial charge >= 0.3 is 5.97 Å². The van der Waals surface area contributed by atoms with Gasteiger partial charge in [0.05, 0.1) is 13.3 Å². The first kappa shape index (κ1) is 7.20. The minimum Gasteiger partial charge on any atom is -0.480 e. The highest BCUT2D eigenvalue weighted by molar-refractivity contribution is 5.90. The van der Waals surface area contributed by atoms with Gasteiger partial charge in [0, 0.05) is 17.1 Å². The zero-order valence-corrected chi connectivity index (χ0v) is 9.55. The Labute approximate surface area is 111 Å². The van der Waals surface area contributed by atoms with Crippen LogP contribution in [0.5, 0.6) is 0 Å². The molecule has 2 aromatic rings. The fourth-order valence-electron chi connectivity index (χ4n) is 1.48. The number of carbonyl (C=O) groups excluding carboxylic acids is 1. The Morgan fingerprint density at radius 1 is 1.50 bits per heavy atom. The van der Waals surface area contributed by atoms with E-state index < -0.39 is 30.0 Å². The quantitative estimate of drug-likeness (QED) is 0.717. The average Bonchev–Trinajstić information content (AvgIpc) is 2.80. The molecule has 0 saturated carbocycles. The molecule has 0 radical (unpaired) electrons. The fraction of sp³-hybridized carbons (Fsp3) is 0.231. The first-order valence-corrected chi connectivity index (χ1v) is 5.24. The van der Waals surface area contributed by atoms with Crippen LogP contribution in [0.25, 0.3) is 10.9 Å². The number of amides is 1. The zero-order valence-electron chi connectivity index (χ0n) is 14.5. The van der Waals surface area contributed by atoms with E-state index in [1.54, 1.807) is 0 Å². The van der Waals surface area contributed by atoms with E-state index in [9.17, 15) is 9.59 Å². The molecule has 2 rings (SSSR count).